The molecule has 8 nitrogen and oxygen atoms in total. The standard InChI is InChI=1S/C23H23FN6O2S/c1-12(2)26-21(31)18-8-15(10-20-28-23(25)29-30(18)20)16-9-19(33-11-16)22(32)27-13(3)14-4-6-17(24)7-5-14/h4-13H,1-3H3,(H2,25,29)(H,26,31)(H,27,32)/t13-/m1/s1. The van der Waals surface area contributed by atoms with E-state index in [1.165, 1.54) is 28.0 Å². The van der Waals surface area contributed by atoms with Crippen LogP contribution in [0.5, 0.6) is 0 Å². The van der Waals surface area contributed by atoms with E-state index in [4.69, 9.17) is 5.73 Å². The van der Waals surface area contributed by atoms with E-state index in [2.05, 4.69) is 20.7 Å². The highest BCUT2D eigenvalue weighted by molar-refractivity contribution is 7.12. The van der Waals surface area contributed by atoms with E-state index in [-0.39, 0.29) is 35.7 Å². The average Bonchev–Trinajstić information content (AvgIpc) is 3.39. The molecule has 0 saturated carbocycles. The first-order chi connectivity index (χ1) is 15.7. The Kier molecular flexibility index (Phi) is 6.10. The SMILES string of the molecule is CC(C)NC(=O)c1cc(-c2csc(C(=O)N[C@H](C)c3ccc(F)cc3)c2)cc2nc(N)nn12. The van der Waals surface area contributed by atoms with Gasteiger partial charge >= 0.3 is 0 Å². The number of fused-ring (bicyclic) bond motifs is 1. The van der Waals surface area contributed by atoms with Gasteiger partial charge in [-0.25, -0.2) is 8.91 Å². The summed E-state index contributed by atoms with van der Waals surface area (Å²) in [4.78, 5) is 30.2. The molecule has 1 aromatic carbocycles. The number of thiophene rings is 1. The minimum atomic E-state index is -0.326. The summed E-state index contributed by atoms with van der Waals surface area (Å²) in [6.45, 7) is 5.57. The molecule has 0 saturated heterocycles. The van der Waals surface area contributed by atoms with E-state index in [0.717, 1.165) is 11.1 Å². The zero-order chi connectivity index (χ0) is 23.7. The van der Waals surface area contributed by atoms with Crippen LogP contribution >= 0.6 is 11.3 Å². The Morgan fingerprint density at radius 1 is 1.03 bits per heavy atom. The molecule has 3 aromatic heterocycles. The molecule has 0 radical (unpaired) electrons. The van der Waals surface area contributed by atoms with Crippen molar-refractivity contribution >= 4 is 34.7 Å². The largest absolute Gasteiger partial charge is 0.366 e. The Labute approximate surface area is 193 Å². The van der Waals surface area contributed by atoms with Crippen molar-refractivity contribution in [1.29, 1.82) is 0 Å². The van der Waals surface area contributed by atoms with Gasteiger partial charge < -0.3 is 16.4 Å². The second-order valence-corrected chi connectivity index (χ2v) is 8.85. The number of nitrogens with zero attached hydrogens (tertiary/aromatic N) is 3. The van der Waals surface area contributed by atoms with Gasteiger partial charge in [0.2, 0.25) is 5.95 Å². The van der Waals surface area contributed by atoms with Crippen LogP contribution in [0, 0.1) is 5.82 Å². The molecule has 0 unspecified atom stereocenters. The molecule has 1 atom stereocenters. The summed E-state index contributed by atoms with van der Waals surface area (Å²) in [5.74, 6) is -0.810. The summed E-state index contributed by atoms with van der Waals surface area (Å²) in [5.41, 5.74) is 8.76. The zero-order valence-corrected chi connectivity index (χ0v) is 19.1. The topological polar surface area (TPSA) is 114 Å². The third kappa shape index (κ3) is 4.85. The van der Waals surface area contributed by atoms with Crippen LogP contribution in [0.1, 0.15) is 52.5 Å². The van der Waals surface area contributed by atoms with Crippen molar-refractivity contribution in [3.63, 3.8) is 0 Å². The van der Waals surface area contributed by atoms with Crippen molar-refractivity contribution in [1.82, 2.24) is 25.2 Å². The second kappa shape index (κ2) is 8.99. The fourth-order valence-corrected chi connectivity index (χ4v) is 4.19. The third-order valence-electron chi connectivity index (χ3n) is 4.98. The Bertz CT molecular complexity index is 1330. The van der Waals surface area contributed by atoms with E-state index >= 15 is 0 Å². The number of rotatable bonds is 6. The Hall–Kier alpha value is -3.79. The normalized spacial score (nSPS) is 12.2. The van der Waals surface area contributed by atoms with Gasteiger partial charge in [0.1, 0.15) is 11.5 Å². The number of nitrogen functional groups attached to an aromatic ring is 1. The summed E-state index contributed by atoms with van der Waals surface area (Å²) in [7, 11) is 0. The highest BCUT2D eigenvalue weighted by Crippen LogP contribution is 2.28. The summed E-state index contributed by atoms with van der Waals surface area (Å²) < 4.78 is 14.6. The van der Waals surface area contributed by atoms with Gasteiger partial charge in [0, 0.05) is 6.04 Å². The van der Waals surface area contributed by atoms with Crippen LogP contribution in [-0.4, -0.2) is 32.5 Å². The first-order valence-corrected chi connectivity index (χ1v) is 11.2. The van der Waals surface area contributed by atoms with Crippen LogP contribution in [0.15, 0.2) is 47.8 Å². The van der Waals surface area contributed by atoms with E-state index in [0.29, 0.717) is 21.8 Å². The quantitative estimate of drug-likeness (QED) is 0.400. The molecule has 0 spiro atoms. The van der Waals surface area contributed by atoms with E-state index < -0.39 is 0 Å². The van der Waals surface area contributed by atoms with Crippen LogP contribution in [0.4, 0.5) is 10.3 Å². The zero-order valence-electron chi connectivity index (χ0n) is 18.3. The Morgan fingerprint density at radius 2 is 1.76 bits per heavy atom. The van der Waals surface area contributed by atoms with Gasteiger partial charge in [-0.05, 0) is 73.2 Å². The number of anilines is 1. The number of hydrogen-bond acceptors (Lipinski definition) is 6. The highest BCUT2D eigenvalue weighted by Gasteiger charge is 2.19. The van der Waals surface area contributed by atoms with Crippen molar-refractivity contribution < 1.29 is 14.0 Å². The first-order valence-electron chi connectivity index (χ1n) is 10.3. The van der Waals surface area contributed by atoms with Gasteiger partial charge in [-0.1, -0.05) is 12.1 Å². The number of pyridine rings is 1. The Morgan fingerprint density at radius 3 is 2.45 bits per heavy atom. The minimum Gasteiger partial charge on any atom is -0.366 e. The number of nitrogens with two attached hydrogens (primary N) is 1. The molecule has 0 fully saturated rings. The molecular weight excluding hydrogens is 443 g/mol. The predicted molar refractivity (Wildman–Crippen MR) is 126 cm³/mol. The van der Waals surface area contributed by atoms with Gasteiger partial charge in [0.05, 0.1) is 10.9 Å². The van der Waals surface area contributed by atoms with Crippen molar-refractivity contribution in [2.75, 3.05) is 5.73 Å². The lowest BCUT2D eigenvalue weighted by molar-refractivity contribution is 0.0930. The molecule has 10 heteroatoms. The molecule has 0 bridgehead atoms. The summed E-state index contributed by atoms with van der Waals surface area (Å²) in [6.07, 6.45) is 0. The van der Waals surface area contributed by atoms with Gasteiger partial charge in [0.25, 0.3) is 11.8 Å². The Balaban J connectivity index is 1.61. The smallest absolute Gasteiger partial charge is 0.270 e. The van der Waals surface area contributed by atoms with Crippen LogP contribution in [0.2, 0.25) is 0 Å². The van der Waals surface area contributed by atoms with Crippen molar-refractivity contribution in [3.05, 3.63) is 69.8 Å². The number of nitrogens with one attached hydrogen (secondary N) is 2. The number of hydrogen-bond donors (Lipinski definition) is 3. The molecule has 4 rings (SSSR count). The number of halogens is 1. The van der Waals surface area contributed by atoms with E-state index in [9.17, 15) is 14.0 Å². The van der Waals surface area contributed by atoms with Crippen molar-refractivity contribution in [2.45, 2.75) is 32.9 Å². The lowest BCUT2D eigenvalue weighted by Crippen LogP contribution is -2.31. The third-order valence-corrected chi connectivity index (χ3v) is 5.91. The molecule has 0 aliphatic carbocycles. The van der Waals surface area contributed by atoms with Gasteiger partial charge in [-0.15, -0.1) is 16.4 Å². The predicted octanol–water partition coefficient (Wildman–Crippen LogP) is 3.81. The van der Waals surface area contributed by atoms with Crippen LogP contribution in [0.3, 0.4) is 0 Å². The lowest BCUT2D eigenvalue weighted by atomic mass is 10.1. The summed E-state index contributed by atoms with van der Waals surface area (Å²) in [6, 6.07) is 10.9. The van der Waals surface area contributed by atoms with Crippen LogP contribution in [-0.2, 0) is 0 Å². The molecule has 4 aromatic rings. The van der Waals surface area contributed by atoms with Crippen molar-refractivity contribution in [2.24, 2.45) is 0 Å². The minimum absolute atomic E-state index is 0.0587. The van der Waals surface area contributed by atoms with Gasteiger partial charge in [0.15, 0.2) is 5.65 Å². The number of aromatic nitrogens is 3. The molecule has 170 valence electrons. The highest BCUT2D eigenvalue weighted by atomic mass is 32.1. The molecule has 0 aliphatic rings. The maximum atomic E-state index is 13.2. The molecule has 4 N–H and O–H groups in total. The van der Waals surface area contributed by atoms with E-state index in [1.807, 2.05) is 26.2 Å². The summed E-state index contributed by atoms with van der Waals surface area (Å²) in [5, 5.41) is 11.7. The number of carbonyl (C=O) groups is 2. The number of amides is 2. The fraction of sp³-hybridized carbons (Fsp3) is 0.217. The molecule has 0 aliphatic heterocycles. The molecule has 33 heavy (non-hydrogen) atoms. The van der Waals surface area contributed by atoms with Gasteiger partial charge in [-0.2, -0.15) is 4.98 Å². The van der Waals surface area contributed by atoms with E-state index in [1.54, 1.807) is 30.3 Å². The van der Waals surface area contributed by atoms with Gasteiger partial charge in [-0.3, -0.25) is 9.59 Å². The number of benzene rings is 1. The monoisotopic (exact) mass is 466 g/mol. The maximum Gasteiger partial charge on any atom is 0.270 e. The number of carbonyl (C=O) groups excluding carboxylic acids is 2. The molecular formula is C23H23FN6O2S. The average molecular weight is 467 g/mol. The molecule has 3 heterocycles. The first kappa shape index (κ1) is 22.4. The second-order valence-electron chi connectivity index (χ2n) is 7.94. The molecule has 2 amide bonds. The fourth-order valence-electron chi connectivity index (χ4n) is 3.37. The maximum absolute atomic E-state index is 13.2. The van der Waals surface area contributed by atoms with Crippen LogP contribution in [0.25, 0.3) is 16.8 Å². The van der Waals surface area contributed by atoms with Crippen LogP contribution < -0.4 is 16.4 Å². The van der Waals surface area contributed by atoms with Crippen molar-refractivity contribution in [3.8, 4) is 11.1 Å². The summed E-state index contributed by atoms with van der Waals surface area (Å²) >= 11 is 1.29. The lowest BCUT2D eigenvalue weighted by Gasteiger charge is -2.13.